The van der Waals surface area contributed by atoms with E-state index in [0.29, 0.717) is 12.5 Å². The van der Waals surface area contributed by atoms with Crippen molar-refractivity contribution in [2.24, 2.45) is 5.73 Å². The minimum absolute atomic E-state index is 0.162. The lowest BCUT2D eigenvalue weighted by molar-refractivity contribution is 0.0365. The highest BCUT2D eigenvalue weighted by Crippen LogP contribution is 2.31. The largest absolute Gasteiger partial charge is 0.379 e. The molecule has 6 heteroatoms. The molecule has 0 aliphatic carbocycles. The SMILES string of the molecule is Cc1cccc2c(C(=O)N3CCC(c4cccc(CN)c4)CC3)cn(CCN3CCOCC3)c12. The minimum Gasteiger partial charge on any atom is -0.379 e. The number of carbonyl (C=O) groups excluding carboxylic acids is 1. The van der Waals surface area contributed by atoms with Gasteiger partial charge in [0.2, 0.25) is 0 Å². The summed E-state index contributed by atoms with van der Waals surface area (Å²) in [6, 6.07) is 14.9. The fourth-order valence-electron chi connectivity index (χ4n) is 5.53. The molecule has 0 atom stereocenters. The molecule has 3 heterocycles. The van der Waals surface area contributed by atoms with Crippen LogP contribution in [0.2, 0.25) is 0 Å². The minimum atomic E-state index is 0.162. The lowest BCUT2D eigenvalue weighted by atomic mass is 9.88. The molecule has 6 nitrogen and oxygen atoms in total. The number of morpholine rings is 1. The van der Waals surface area contributed by atoms with Crippen LogP contribution in [0.15, 0.2) is 48.7 Å². The summed E-state index contributed by atoms with van der Waals surface area (Å²) >= 11 is 0. The van der Waals surface area contributed by atoms with Gasteiger partial charge in [0, 0.05) is 57.4 Å². The molecule has 0 radical (unpaired) electrons. The average Bonchev–Trinajstić information content (AvgIpc) is 3.27. The number of nitrogens with zero attached hydrogens (tertiary/aromatic N) is 3. The molecule has 2 aliphatic rings. The summed E-state index contributed by atoms with van der Waals surface area (Å²) < 4.78 is 7.78. The van der Waals surface area contributed by atoms with Crippen LogP contribution in [0.4, 0.5) is 0 Å². The summed E-state index contributed by atoms with van der Waals surface area (Å²) in [6.45, 7) is 9.73. The van der Waals surface area contributed by atoms with Crippen molar-refractivity contribution in [3.8, 4) is 0 Å². The van der Waals surface area contributed by atoms with Crippen molar-refractivity contribution in [1.82, 2.24) is 14.4 Å². The van der Waals surface area contributed by atoms with E-state index in [0.717, 1.165) is 76.3 Å². The first-order valence-corrected chi connectivity index (χ1v) is 12.6. The van der Waals surface area contributed by atoms with Crippen molar-refractivity contribution in [1.29, 1.82) is 0 Å². The van der Waals surface area contributed by atoms with Gasteiger partial charge in [-0.25, -0.2) is 0 Å². The van der Waals surface area contributed by atoms with Gasteiger partial charge in [-0.1, -0.05) is 42.5 Å². The van der Waals surface area contributed by atoms with Gasteiger partial charge in [0.25, 0.3) is 5.91 Å². The van der Waals surface area contributed by atoms with Gasteiger partial charge in [-0.05, 0) is 42.4 Å². The Kier molecular flexibility index (Phi) is 6.99. The molecule has 2 aliphatic heterocycles. The summed E-state index contributed by atoms with van der Waals surface area (Å²) in [7, 11) is 0. The van der Waals surface area contributed by atoms with Gasteiger partial charge in [-0.3, -0.25) is 9.69 Å². The van der Waals surface area contributed by atoms with E-state index in [1.54, 1.807) is 0 Å². The molecule has 0 saturated carbocycles. The number of hydrogen-bond acceptors (Lipinski definition) is 4. The second-order valence-corrected chi connectivity index (χ2v) is 9.68. The van der Waals surface area contributed by atoms with Gasteiger partial charge in [-0.15, -0.1) is 0 Å². The number of piperidine rings is 1. The number of amides is 1. The number of benzene rings is 2. The second-order valence-electron chi connectivity index (χ2n) is 9.68. The highest BCUT2D eigenvalue weighted by molar-refractivity contribution is 6.07. The zero-order valence-electron chi connectivity index (χ0n) is 20.2. The van der Waals surface area contributed by atoms with Crippen molar-refractivity contribution >= 4 is 16.8 Å². The smallest absolute Gasteiger partial charge is 0.256 e. The lowest BCUT2D eigenvalue weighted by Crippen LogP contribution is -2.38. The molecule has 0 spiro atoms. The van der Waals surface area contributed by atoms with Crippen LogP contribution in [0.25, 0.3) is 10.9 Å². The number of para-hydroxylation sites is 1. The molecule has 180 valence electrons. The van der Waals surface area contributed by atoms with Gasteiger partial charge < -0.3 is 19.9 Å². The molecular weight excluding hydrogens is 424 g/mol. The average molecular weight is 461 g/mol. The fourth-order valence-corrected chi connectivity index (χ4v) is 5.53. The zero-order valence-corrected chi connectivity index (χ0v) is 20.2. The topological polar surface area (TPSA) is 63.7 Å². The monoisotopic (exact) mass is 460 g/mol. The van der Waals surface area contributed by atoms with E-state index in [2.05, 4.69) is 65.1 Å². The maximum Gasteiger partial charge on any atom is 0.256 e. The third kappa shape index (κ3) is 4.76. The number of aryl methyl sites for hydroxylation is 1. The molecule has 1 amide bonds. The third-order valence-corrected chi connectivity index (χ3v) is 7.53. The van der Waals surface area contributed by atoms with Crippen LogP contribution in [0, 0.1) is 6.92 Å². The standard InChI is InChI=1S/C28H36N4O2/c1-21-4-2-7-25-26(20-32(27(21)25)13-12-30-14-16-34-17-15-30)28(33)31-10-8-23(9-11-31)24-6-3-5-22(18-24)19-29/h2-7,18,20,23H,8-17,19,29H2,1H3. The zero-order chi connectivity index (χ0) is 23.5. The molecule has 34 heavy (non-hydrogen) atoms. The van der Waals surface area contributed by atoms with E-state index < -0.39 is 0 Å². The molecule has 2 saturated heterocycles. The number of rotatable bonds is 6. The van der Waals surface area contributed by atoms with E-state index in [-0.39, 0.29) is 5.91 Å². The number of carbonyl (C=O) groups is 1. The second kappa shape index (κ2) is 10.3. The van der Waals surface area contributed by atoms with E-state index in [1.165, 1.54) is 22.2 Å². The van der Waals surface area contributed by atoms with Gasteiger partial charge >= 0.3 is 0 Å². The van der Waals surface area contributed by atoms with Crippen molar-refractivity contribution in [3.05, 3.63) is 70.9 Å². The molecular formula is C28H36N4O2. The lowest BCUT2D eigenvalue weighted by Gasteiger charge is -2.32. The van der Waals surface area contributed by atoms with Crippen LogP contribution in [-0.2, 0) is 17.8 Å². The molecule has 3 aromatic rings. The maximum atomic E-state index is 13.7. The van der Waals surface area contributed by atoms with Crippen molar-refractivity contribution in [2.75, 3.05) is 45.9 Å². The molecule has 0 unspecified atom stereocenters. The summed E-state index contributed by atoms with van der Waals surface area (Å²) in [5.41, 5.74) is 11.6. The molecule has 5 rings (SSSR count). The first kappa shape index (κ1) is 23.1. The molecule has 2 aromatic carbocycles. The number of nitrogens with two attached hydrogens (primary N) is 1. The van der Waals surface area contributed by atoms with Gasteiger partial charge in [-0.2, -0.15) is 0 Å². The van der Waals surface area contributed by atoms with Crippen LogP contribution >= 0.6 is 0 Å². The molecule has 0 bridgehead atoms. The predicted octanol–water partition coefficient (Wildman–Crippen LogP) is 3.76. The number of aromatic nitrogens is 1. The number of ether oxygens (including phenoxy) is 1. The summed E-state index contributed by atoms with van der Waals surface area (Å²) in [5.74, 6) is 0.655. The van der Waals surface area contributed by atoms with Crippen molar-refractivity contribution < 1.29 is 9.53 Å². The molecule has 2 fully saturated rings. The number of hydrogen-bond donors (Lipinski definition) is 1. The van der Waals surface area contributed by atoms with Gasteiger partial charge in [0.05, 0.1) is 24.3 Å². The Labute approximate surface area is 202 Å². The Morgan fingerprint density at radius 1 is 1.03 bits per heavy atom. The predicted molar refractivity (Wildman–Crippen MR) is 136 cm³/mol. The number of likely N-dealkylation sites (tertiary alicyclic amines) is 1. The van der Waals surface area contributed by atoms with E-state index in [1.807, 2.05) is 4.90 Å². The van der Waals surface area contributed by atoms with Crippen molar-refractivity contribution in [3.63, 3.8) is 0 Å². The highest BCUT2D eigenvalue weighted by Gasteiger charge is 2.27. The summed E-state index contributed by atoms with van der Waals surface area (Å²) in [4.78, 5) is 18.1. The van der Waals surface area contributed by atoms with Crippen LogP contribution < -0.4 is 5.73 Å². The first-order chi connectivity index (χ1) is 16.6. The Balaban J connectivity index is 1.31. The summed E-state index contributed by atoms with van der Waals surface area (Å²) in [6.07, 6.45) is 4.08. The normalized spacial score (nSPS) is 18.0. The van der Waals surface area contributed by atoms with Crippen LogP contribution in [-0.4, -0.2) is 66.2 Å². The van der Waals surface area contributed by atoms with Crippen LogP contribution in [0.1, 0.15) is 45.8 Å². The van der Waals surface area contributed by atoms with Gasteiger partial charge in [0.15, 0.2) is 0 Å². The molecule has 2 N–H and O–H groups in total. The van der Waals surface area contributed by atoms with Crippen molar-refractivity contribution in [2.45, 2.75) is 38.8 Å². The van der Waals surface area contributed by atoms with E-state index in [9.17, 15) is 4.79 Å². The fraction of sp³-hybridized carbons (Fsp3) is 0.464. The Bertz CT molecular complexity index is 1140. The summed E-state index contributed by atoms with van der Waals surface area (Å²) in [5, 5.41) is 1.07. The quantitative estimate of drug-likeness (QED) is 0.608. The van der Waals surface area contributed by atoms with E-state index in [4.69, 9.17) is 10.5 Å². The maximum absolute atomic E-state index is 13.7. The Hall–Kier alpha value is -2.67. The van der Waals surface area contributed by atoms with E-state index >= 15 is 0 Å². The molecule has 1 aromatic heterocycles. The Morgan fingerprint density at radius 2 is 1.79 bits per heavy atom. The van der Waals surface area contributed by atoms with Gasteiger partial charge in [0.1, 0.15) is 0 Å². The highest BCUT2D eigenvalue weighted by atomic mass is 16.5. The van der Waals surface area contributed by atoms with Crippen LogP contribution in [0.5, 0.6) is 0 Å². The first-order valence-electron chi connectivity index (χ1n) is 12.6. The number of fused-ring (bicyclic) bond motifs is 1. The third-order valence-electron chi connectivity index (χ3n) is 7.53. The van der Waals surface area contributed by atoms with Crippen LogP contribution in [0.3, 0.4) is 0 Å². The Morgan fingerprint density at radius 3 is 2.56 bits per heavy atom.